The van der Waals surface area contributed by atoms with Gasteiger partial charge >= 0.3 is 5.97 Å². The maximum atomic E-state index is 11.8. The molecular formula is C13H27NO4. The Hall–Kier alpha value is -0.650. The van der Waals surface area contributed by atoms with E-state index < -0.39 is 5.54 Å². The Morgan fingerprint density at radius 3 is 2.33 bits per heavy atom. The predicted octanol–water partition coefficient (Wildman–Crippen LogP) is 1.36. The fourth-order valence-electron chi connectivity index (χ4n) is 1.22. The van der Waals surface area contributed by atoms with Gasteiger partial charge in [-0.25, -0.2) is 4.79 Å². The molecule has 1 atom stereocenters. The van der Waals surface area contributed by atoms with Crippen molar-refractivity contribution in [2.75, 3.05) is 34.0 Å². The van der Waals surface area contributed by atoms with Crippen molar-refractivity contribution in [2.45, 2.75) is 45.3 Å². The topological polar surface area (TPSA) is 56.8 Å². The maximum Gasteiger partial charge on any atom is 0.328 e. The van der Waals surface area contributed by atoms with Crippen LogP contribution in [-0.2, 0) is 19.0 Å². The molecule has 1 unspecified atom stereocenters. The zero-order valence-corrected chi connectivity index (χ0v) is 12.5. The van der Waals surface area contributed by atoms with E-state index in [2.05, 4.69) is 5.32 Å². The molecule has 0 aliphatic rings. The minimum atomic E-state index is -0.798. The molecule has 18 heavy (non-hydrogen) atoms. The monoisotopic (exact) mass is 261 g/mol. The molecule has 108 valence electrons. The molecule has 0 heterocycles. The van der Waals surface area contributed by atoms with E-state index >= 15 is 0 Å². The third-order valence-electron chi connectivity index (χ3n) is 3.07. The summed E-state index contributed by atoms with van der Waals surface area (Å²) in [6.45, 7) is 8.74. The van der Waals surface area contributed by atoms with Gasteiger partial charge in [0.25, 0.3) is 0 Å². The van der Waals surface area contributed by atoms with Gasteiger partial charge in [-0.15, -0.1) is 0 Å². The van der Waals surface area contributed by atoms with Gasteiger partial charge in [0.2, 0.25) is 0 Å². The van der Waals surface area contributed by atoms with Crippen LogP contribution in [0.5, 0.6) is 0 Å². The van der Waals surface area contributed by atoms with Crippen LogP contribution in [0.3, 0.4) is 0 Å². The lowest BCUT2D eigenvalue weighted by Gasteiger charge is -2.28. The van der Waals surface area contributed by atoms with Gasteiger partial charge in [-0.05, 0) is 41.2 Å². The minimum Gasteiger partial charge on any atom is -0.465 e. The Morgan fingerprint density at radius 2 is 1.89 bits per heavy atom. The van der Waals surface area contributed by atoms with Crippen LogP contribution >= 0.6 is 0 Å². The lowest BCUT2D eigenvalue weighted by Crippen LogP contribution is -2.52. The van der Waals surface area contributed by atoms with E-state index in [1.807, 2.05) is 13.8 Å². The zero-order chi connectivity index (χ0) is 14.2. The number of likely N-dealkylation sites (N-methyl/N-ethyl adjacent to an activating group) is 1. The molecule has 0 aromatic rings. The summed E-state index contributed by atoms with van der Waals surface area (Å²) in [6, 6.07) is 0. The van der Waals surface area contributed by atoms with Gasteiger partial charge < -0.3 is 19.5 Å². The van der Waals surface area contributed by atoms with Gasteiger partial charge in [-0.2, -0.15) is 0 Å². The first-order valence-electron chi connectivity index (χ1n) is 6.30. The Balaban J connectivity index is 4.12. The molecule has 0 aromatic carbocycles. The Bertz CT molecular complexity index is 255. The van der Waals surface area contributed by atoms with E-state index in [4.69, 9.17) is 14.2 Å². The van der Waals surface area contributed by atoms with E-state index in [-0.39, 0.29) is 18.2 Å². The number of nitrogens with one attached hydrogen (secondary N) is 1. The van der Waals surface area contributed by atoms with Crippen molar-refractivity contribution in [1.82, 2.24) is 5.32 Å². The van der Waals surface area contributed by atoms with Crippen LogP contribution in [-0.4, -0.2) is 51.1 Å². The van der Waals surface area contributed by atoms with Crippen LogP contribution in [0.1, 0.15) is 34.1 Å². The molecule has 0 rings (SSSR count). The van der Waals surface area contributed by atoms with E-state index in [0.29, 0.717) is 13.2 Å². The lowest BCUT2D eigenvalue weighted by atomic mass is 10.0. The van der Waals surface area contributed by atoms with Gasteiger partial charge in [0.15, 0.2) is 0 Å². The molecule has 0 saturated heterocycles. The van der Waals surface area contributed by atoms with E-state index in [0.717, 1.165) is 6.42 Å². The SMILES string of the molecule is CCOC(=O)C(C)(COCCC(C)(C)OC)NC. The largest absolute Gasteiger partial charge is 0.465 e. The number of carbonyl (C=O) groups excluding carboxylic acids is 1. The van der Waals surface area contributed by atoms with Crippen molar-refractivity contribution in [3.63, 3.8) is 0 Å². The summed E-state index contributed by atoms with van der Waals surface area (Å²) in [5.41, 5.74) is -1.01. The zero-order valence-electron chi connectivity index (χ0n) is 12.5. The van der Waals surface area contributed by atoms with E-state index in [9.17, 15) is 4.79 Å². The molecule has 0 aliphatic carbocycles. The molecule has 0 bridgehead atoms. The second-order valence-electron chi connectivity index (χ2n) is 5.07. The number of methoxy groups -OCH3 is 1. The first-order chi connectivity index (χ1) is 8.31. The fourth-order valence-corrected chi connectivity index (χ4v) is 1.22. The summed E-state index contributed by atoms with van der Waals surface area (Å²) in [4.78, 5) is 11.8. The lowest BCUT2D eigenvalue weighted by molar-refractivity contribution is -0.153. The number of rotatable bonds is 9. The second kappa shape index (κ2) is 7.71. The fraction of sp³-hybridized carbons (Fsp3) is 0.923. The van der Waals surface area contributed by atoms with Crippen molar-refractivity contribution in [3.8, 4) is 0 Å². The van der Waals surface area contributed by atoms with Crippen molar-refractivity contribution < 1.29 is 19.0 Å². The predicted molar refractivity (Wildman–Crippen MR) is 70.6 cm³/mol. The normalized spacial score (nSPS) is 15.2. The molecule has 1 N–H and O–H groups in total. The third-order valence-corrected chi connectivity index (χ3v) is 3.07. The first kappa shape index (κ1) is 17.4. The molecule has 5 heteroatoms. The molecule has 0 saturated carbocycles. The van der Waals surface area contributed by atoms with Crippen molar-refractivity contribution in [1.29, 1.82) is 0 Å². The van der Waals surface area contributed by atoms with Gasteiger partial charge in [0.1, 0.15) is 5.54 Å². The molecule has 0 spiro atoms. The smallest absolute Gasteiger partial charge is 0.328 e. The minimum absolute atomic E-state index is 0.208. The quantitative estimate of drug-likeness (QED) is 0.501. The summed E-state index contributed by atoms with van der Waals surface area (Å²) in [7, 11) is 3.40. The summed E-state index contributed by atoms with van der Waals surface area (Å²) >= 11 is 0. The van der Waals surface area contributed by atoms with Gasteiger partial charge in [0, 0.05) is 13.7 Å². The van der Waals surface area contributed by atoms with Crippen LogP contribution in [0.4, 0.5) is 0 Å². The summed E-state index contributed by atoms with van der Waals surface area (Å²) in [5.74, 6) is -0.293. The standard InChI is InChI=1S/C13H27NO4/c1-7-18-11(15)13(4,14-5)10-17-9-8-12(2,3)16-6/h14H,7-10H2,1-6H3. The average Bonchev–Trinajstić information content (AvgIpc) is 2.34. The summed E-state index contributed by atoms with van der Waals surface area (Å²) in [6.07, 6.45) is 0.770. The summed E-state index contributed by atoms with van der Waals surface area (Å²) in [5, 5.41) is 2.94. The third kappa shape index (κ3) is 5.80. The number of carbonyl (C=O) groups is 1. The highest BCUT2D eigenvalue weighted by atomic mass is 16.5. The molecular weight excluding hydrogens is 234 g/mol. The van der Waals surface area contributed by atoms with Gasteiger partial charge in [-0.3, -0.25) is 0 Å². The number of esters is 1. The highest BCUT2D eigenvalue weighted by Crippen LogP contribution is 2.14. The first-order valence-corrected chi connectivity index (χ1v) is 6.30. The Morgan fingerprint density at radius 1 is 1.28 bits per heavy atom. The molecule has 0 aliphatic heterocycles. The van der Waals surface area contributed by atoms with E-state index in [1.54, 1.807) is 28.0 Å². The van der Waals surface area contributed by atoms with Crippen LogP contribution in [0.2, 0.25) is 0 Å². The molecule has 0 fully saturated rings. The van der Waals surface area contributed by atoms with Gasteiger partial charge in [-0.1, -0.05) is 0 Å². The average molecular weight is 261 g/mol. The number of hydrogen-bond acceptors (Lipinski definition) is 5. The Labute approximate surface area is 110 Å². The molecule has 0 amide bonds. The highest BCUT2D eigenvalue weighted by molar-refractivity contribution is 5.80. The Kier molecular flexibility index (Phi) is 7.43. The number of ether oxygens (including phenoxy) is 3. The number of hydrogen-bond donors (Lipinski definition) is 1. The van der Waals surface area contributed by atoms with Crippen molar-refractivity contribution in [2.24, 2.45) is 0 Å². The van der Waals surface area contributed by atoms with Crippen molar-refractivity contribution in [3.05, 3.63) is 0 Å². The highest BCUT2D eigenvalue weighted by Gasteiger charge is 2.33. The van der Waals surface area contributed by atoms with Crippen LogP contribution in [0.15, 0.2) is 0 Å². The van der Waals surface area contributed by atoms with Gasteiger partial charge in [0.05, 0.1) is 18.8 Å². The summed E-state index contributed by atoms with van der Waals surface area (Å²) < 4.78 is 15.9. The molecule has 5 nitrogen and oxygen atoms in total. The molecule has 0 radical (unpaired) electrons. The molecule has 0 aromatic heterocycles. The van der Waals surface area contributed by atoms with Crippen molar-refractivity contribution >= 4 is 5.97 Å². The van der Waals surface area contributed by atoms with Crippen LogP contribution in [0.25, 0.3) is 0 Å². The van der Waals surface area contributed by atoms with Crippen LogP contribution in [0, 0.1) is 0 Å². The van der Waals surface area contributed by atoms with Crippen LogP contribution < -0.4 is 5.32 Å². The second-order valence-corrected chi connectivity index (χ2v) is 5.07. The maximum absolute atomic E-state index is 11.8. The van der Waals surface area contributed by atoms with E-state index in [1.165, 1.54) is 0 Å².